The number of carbonyl (C=O) groups excluding carboxylic acids is 1. The number of hydrogen-bond acceptors (Lipinski definition) is 5. The molecule has 0 bridgehead atoms. The zero-order valence-electron chi connectivity index (χ0n) is 13.5. The molecule has 23 heavy (non-hydrogen) atoms. The molecule has 0 aliphatic rings. The second-order valence-corrected chi connectivity index (χ2v) is 6.00. The van der Waals surface area contributed by atoms with E-state index in [0.29, 0.717) is 22.8 Å². The Morgan fingerprint density at radius 3 is 2.48 bits per heavy atom. The Morgan fingerprint density at radius 2 is 1.91 bits per heavy atom. The number of aliphatic hydroxyl groups excluding tert-OH is 1. The molecular weight excluding hydrogens is 312 g/mol. The van der Waals surface area contributed by atoms with Gasteiger partial charge in [-0.05, 0) is 43.0 Å². The summed E-state index contributed by atoms with van der Waals surface area (Å²) in [6, 6.07) is 10.7. The third-order valence-electron chi connectivity index (χ3n) is 3.38. The summed E-state index contributed by atoms with van der Waals surface area (Å²) in [6.07, 6.45) is 1.96. The predicted octanol–water partition coefficient (Wildman–Crippen LogP) is 3.58. The van der Waals surface area contributed by atoms with Gasteiger partial charge in [-0.3, -0.25) is 0 Å². The summed E-state index contributed by atoms with van der Waals surface area (Å²) in [5.41, 5.74) is 3.11. The summed E-state index contributed by atoms with van der Waals surface area (Å²) in [6.45, 7) is 1.87. The van der Waals surface area contributed by atoms with Crippen molar-refractivity contribution in [3.05, 3.63) is 58.7 Å². The first-order chi connectivity index (χ1) is 11.1. The van der Waals surface area contributed by atoms with Crippen LogP contribution in [0.5, 0.6) is 11.5 Å². The zero-order valence-corrected chi connectivity index (χ0v) is 14.3. The molecule has 0 aliphatic heterocycles. The summed E-state index contributed by atoms with van der Waals surface area (Å²) in [5.74, 6) is 1.08. The molecule has 2 rings (SSSR count). The lowest BCUT2D eigenvalue weighted by molar-refractivity contribution is 0.0728. The Kier molecular flexibility index (Phi) is 6.07. The molecule has 122 valence electrons. The molecule has 0 amide bonds. The molecule has 0 aliphatic carbocycles. The number of rotatable bonds is 6. The van der Waals surface area contributed by atoms with Crippen molar-refractivity contribution in [1.29, 1.82) is 0 Å². The number of thioether (sulfide) groups is 1. The van der Waals surface area contributed by atoms with E-state index in [9.17, 15) is 9.90 Å². The van der Waals surface area contributed by atoms with Crippen molar-refractivity contribution in [1.82, 2.24) is 0 Å². The van der Waals surface area contributed by atoms with Gasteiger partial charge in [0.2, 0.25) is 0 Å². The van der Waals surface area contributed by atoms with Crippen LogP contribution in [0, 0.1) is 6.92 Å². The first kappa shape index (κ1) is 17.4. The van der Waals surface area contributed by atoms with Gasteiger partial charge in [-0.2, -0.15) is 11.8 Å². The highest BCUT2D eigenvalue weighted by molar-refractivity contribution is 7.97. The lowest BCUT2D eigenvalue weighted by Gasteiger charge is -2.15. The maximum absolute atomic E-state index is 12.4. The topological polar surface area (TPSA) is 55.8 Å². The largest absolute Gasteiger partial charge is 0.493 e. The summed E-state index contributed by atoms with van der Waals surface area (Å²) in [4.78, 5) is 12.4. The van der Waals surface area contributed by atoms with E-state index in [1.54, 1.807) is 30.0 Å². The van der Waals surface area contributed by atoms with Crippen molar-refractivity contribution >= 4 is 17.7 Å². The van der Waals surface area contributed by atoms with Crippen LogP contribution in [0.1, 0.15) is 27.0 Å². The first-order valence-corrected chi connectivity index (χ1v) is 8.56. The van der Waals surface area contributed by atoms with Gasteiger partial charge >= 0.3 is 5.97 Å². The number of ether oxygens (including phenoxy) is 2. The molecule has 2 aromatic carbocycles. The van der Waals surface area contributed by atoms with E-state index in [2.05, 4.69) is 0 Å². The number of esters is 1. The van der Waals surface area contributed by atoms with Crippen LogP contribution in [0.2, 0.25) is 0 Å². The fourth-order valence-corrected chi connectivity index (χ4v) is 2.71. The molecule has 4 nitrogen and oxygen atoms in total. The maximum atomic E-state index is 12.4. The van der Waals surface area contributed by atoms with Crippen LogP contribution in [0.15, 0.2) is 36.4 Å². The third kappa shape index (κ3) is 4.27. The second kappa shape index (κ2) is 8.04. The summed E-state index contributed by atoms with van der Waals surface area (Å²) >= 11 is 1.60. The number of hydrogen-bond donors (Lipinski definition) is 1. The molecule has 2 aromatic rings. The van der Waals surface area contributed by atoms with Gasteiger partial charge in [-0.1, -0.05) is 17.7 Å². The Labute approximate surface area is 140 Å². The third-order valence-corrected chi connectivity index (χ3v) is 3.98. The van der Waals surface area contributed by atoms with Crippen LogP contribution in [0.3, 0.4) is 0 Å². The van der Waals surface area contributed by atoms with E-state index in [4.69, 9.17) is 9.47 Å². The van der Waals surface area contributed by atoms with E-state index < -0.39 is 5.97 Å². The molecular formula is C18H20O4S. The minimum atomic E-state index is -0.428. The Balaban J connectivity index is 2.36. The van der Waals surface area contributed by atoms with Crippen molar-refractivity contribution < 1.29 is 19.4 Å². The standard InChI is InChI=1S/C18H20O4S/c1-12-4-6-14(7-5-12)18(20)22-17-15(11-23-3)8-13(10-19)9-16(17)21-2/h4-9,19H,10-11H2,1-3H3. The number of aryl methyl sites for hydroxylation is 1. The molecule has 0 aromatic heterocycles. The molecule has 5 heteroatoms. The van der Waals surface area contributed by atoms with Crippen LogP contribution >= 0.6 is 11.8 Å². The van der Waals surface area contributed by atoms with E-state index in [-0.39, 0.29) is 6.61 Å². The van der Waals surface area contributed by atoms with Gasteiger partial charge in [0.25, 0.3) is 0 Å². The van der Waals surface area contributed by atoms with E-state index in [0.717, 1.165) is 16.7 Å². The summed E-state index contributed by atoms with van der Waals surface area (Å²) < 4.78 is 10.9. The lowest BCUT2D eigenvalue weighted by atomic mass is 10.1. The monoisotopic (exact) mass is 332 g/mol. The van der Waals surface area contributed by atoms with E-state index in [1.807, 2.05) is 31.4 Å². The highest BCUT2D eigenvalue weighted by Gasteiger charge is 2.17. The average molecular weight is 332 g/mol. The average Bonchev–Trinajstić information content (AvgIpc) is 2.56. The van der Waals surface area contributed by atoms with E-state index in [1.165, 1.54) is 7.11 Å². The predicted molar refractivity (Wildman–Crippen MR) is 92.3 cm³/mol. The van der Waals surface area contributed by atoms with Gasteiger partial charge in [-0.25, -0.2) is 4.79 Å². The minimum absolute atomic E-state index is 0.0933. The van der Waals surface area contributed by atoms with Gasteiger partial charge in [0, 0.05) is 11.3 Å². The normalized spacial score (nSPS) is 10.4. The Morgan fingerprint density at radius 1 is 1.22 bits per heavy atom. The quantitative estimate of drug-likeness (QED) is 0.647. The van der Waals surface area contributed by atoms with Gasteiger partial charge < -0.3 is 14.6 Å². The summed E-state index contributed by atoms with van der Waals surface area (Å²) in [7, 11) is 1.52. The van der Waals surface area contributed by atoms with Crippen LogP contribution in [-0.4, -0.2) is 24.4 Å². The first-order valence-electron chi connectivity index (χ1n) is 7.17. The highest BCUT2D eigenvalue weighted by Crippen LogP contribution is 2.35. The minimum Gasteiger partial charge on any atom is -0.493 e. The molecule has 0 unspecified atom stereocenters. The van der Waals surface area contributed by atoms with E-state index >= 15 is 0 Å². The van der Waals surface area contributed by atoms with Crippen molar-refractivity contribution in [2.24, 2.45) is 0 Å². The van der Waals surface area contributed by atoms with Gasteiger partial charge in [0.1, 0.15) is 0 Å². The van der Waals surface area contributed by atoms with Crippen LogP contribution < -0.4 is 9.47 Å². The van der Waals surface area contributed by atoms with Crippen molar-refractivity contribution in [3.63, 3.8) is 0 Å². The number of carbonyl (C=O) groups is 1. The van der Waals surface area contributed by atoms with Crippen LogP contribution in [0.4, 0.5) is 0 Å². The van der Waals surface area contributed by atoms with Crippen LogP contribution in [0.25, 0.3) is 0 Å². The van der Waals surface area contributed by atoms with Gasteiger partial charge in [0.05, 0.1) is 19.3 Å². The molecule has 0 saturated heterocycles. The van der Waals surface area contributed by atoms with Crippen molar-refractivity contribution in [2.75, 3.05) is 13.4 Å². The molecule has 0 atom stereocenters. The van der Waals surface area contributed by atoms with Crippen LogP contribution in [-0.2, 0) is 12.4 Å². The summed E-state index contributed by atoms with van der Waals surface area (Å²) in [5, 5.41) is 9.36. The molecule has 1 N–H and O–H groups in total. The number of aliphatic hydroxyl groups is 1. The maximum Gasteiger partial charge on any atom is 0.343 e. The van der Waals surface area contributed by atoms with Gasteiger partial charge in [-0.15, -0.1) is 0 Å². The van der Waals surface area contributed by atoms with Gasteiger partial charge in [0.15, 0.2) is 11.5 Å². The molecule has 0 saturated carbocycles. The highest BCUT2D eigenvalue weighted by atomic mass is 32.2. The number of methoxy groups -OCH3 is 1. The SMILES string of the molecule is COc1cc(CO)cc(CSC)c1OC(=O)c1ccc(C)cc1. The smallest absolute Gasteiger partial charge is 0.343 e. The van der Waals surface area contributed by atoms with Crippen molar-refractivity contribution in [2.45, 2.75) is 19.3 Å². The lowest BCUT2D eigenvalue weighted by Crippen LogP contribution is -2.11. The molecule has 0 fully saturated rings. The molecule has 0 heterocycles. The fraction of sp³-hybridized carbons (Fsp3) is 0.278. The van der Waals surface area contributed by atoms with Crippen molar-refractivity contribution in [3.8, 4) is 11.5 Å². The number of benzene rings is 2. The second-order valence-electron chi connectivity index (χ2n) is 5.13. The molecule has 0 radical (unpaired) electrons. The Hall–Kier alpha value is -1.98. The molecule has 0 spiro atoms. The zero-order chi connectivity index (χ0) is 16.8. The fourth-order valence-electron chi connectivity index (χ4n) is 2.19. The Bertz CT molecular complexity index is 680.